The van der Waals surface area contributed by atoms with Crippen LogP contribution in [0.3, 0.4) is 0 Å². The quantitative estimate of drug-likeness (QED) is 0.458. The standard InChI is InChI=1S/C25H30N4O4/c1-32-18-6-7-22-20(14-18)19(8-11-28-22)24(30)16-29-12-9-23(21(15-29)25(26)31)27-10-2-4-17-5-3-13-33-17/h2-8,11,13-14,21,23-24,27,30H,9-10,12,15-16H2,1H3,(H2,26,31)/b4-2+/t21?,23?,24-/m0/s1. The number of piperidine rings is 1. The molecule has 1 aliphatic rings. The van der Waals surface area contributed by atoms with Crippen molar-refractivity contribution in [2.45, 2.75) is 18.6 Å². The third-order valence-electron chi connectivity index (χ3n) is 6.16. The monoisotopic (exact) mass is 450 g/mol. The van der Waals surface area contributed by atoms with Crippen LogP contribution in [-0.4, -0.2) is 60.2 Å². The number of carbonyl (C=O) groups excluding carboxylic acids is 1. The number of aliphatic hydroxyl groups is 1. The summed E-state index contributed by atoms with van der Waals surface area (Å²) in [5, 5.41) is 15.3. The Hall–Kier alpha value is -3.20. The summed E-state index contributed by atoms with van der Waals surface area (Å²) in [5.74, 6) is 0.831. The van der Waals surface area contributed by atoms with Crippen LogP contribution in [0, 0.1) is 5.92 Å². The van der Waals surface area contributed by atoms with E-state index in [0.717, 1.165) is 35.2 Å². The minimum atomic E-state index is -0.725. The second-order valence-corrected chi connectivity index (χ2v) is 8.29. The van der Waals surface area contributed by atoms with Crippen LogP contribution < -0.4 is 15.8 Å². The molecule has 174 valence electrons. The van der Waals surface area contributed by atoms with Crippen LogP contribution in [0.15, 0.2) is 59.4 Å². The van der Waals surface area contributed by atoms with Crippen molar-refractivity contribution in [1.82, 2.24) is 15.2 Å². The number of carbonyl (C=O) groups is 1. The van der Waals surface area contributed by atoms with Crippen molar-refractivity contribution in [3.05, 3.63) is 66.3 Å². The van der Waals surface area contributed by atoms with E-state index in [9.17, 15) is 9.90 Å². The Morgan fingerprint density at radius 2 is 2.30 bits per heavy atom. The van der Waals surface area contributed by atoms with Crippen LogP contribution in [-0.2, 0) is 4.79 Å². The number of β-amino-alcohol motifs (C(OH)–C–C–N with tert-alkyl or cyclic N) is 1. The van der Waals surface area contributed by atoms with Gasteiger partial charge in [-0.25, -0.2) is 0 Å². The summed E-state index contributed by atoms with van der Waals surface area (Å²) in [5.41, 5.74) is 7.31. The van der Waals surface area contributed by atoms with Crippen molar-refractivity contribution in [2.24, 2.45) is 11.7 Å². The number of amides is 1. The zero-order chi connectivity index (χ0) is 23.2. The van der Waals surface area contributed by atoms with Crippen molar-refractivity contribution in [1.29, 1.82) is 0 Å². The lowest BCUT2D eigenvalue weighted by Gasteiger charge is -2.38. The molecule has 2 aromatic heterocycles. The molecular formula is C25H30N4O4. The Balaban J connectivity index is 1.38. The molecule has 1 amide bonds. The molecule has 3 atom stereocenters. The topological polar surface area (TPSA) is 114 Å². The lowest BCUT2D eigenvalue weighted by molar-refractivity contribution is -0.124. The van der Waals surface area contributed by atoms with Gasteiger partial charge in [-0.2, -0.15) is 0 Å². The number of hydrogen-bond donors (Lipinski definition) is 3. The van der Waals surface area contributed by atoms with E-state index in [1.54, 1.807) is 19.6 Å². The molecule has 0 bridgehead atoms. The molecule has 1 aliphatic heterocycles. The van der Waals surface area contributed by atoms with Crippen molar-refractivity contribution < 1.29 is 19.1 Å². The second kappa shape index (κ2) is 10.6. The molecule has 8 nitrogen and oxygen atoms in total. The van der Waals surface area contributed by atoms with Crippen LogP contribution >= 0.6 is 0 Å². The number of furan rings is 1. The maximum absolute atomic E-state index is 12.2. The van der Waals surface area contributed by atoms with Crippen molar-refractivity contribution in [2.75, 3.05) is 33.3 Å². The van der Waals surface area contributed by atoms with Crippen LogP contribution in [0.1, 0.15) is 23.8 Å². The Labute approximate surface area is 193 Å². The number of likely N-dealkylation sites (tertiary alicyclic amines) is 1. The molecular weight excluding hydrogens is 420 g/mol. The van der Waals surface area contributed by atoms with Gasteiger partial charge in [-0.05, 0) is 61.0 Å². The van der Waals surface area contributed by atoms with E-state index >= 15 is 0 Å². The SMILES string of the molecule is COc1ccc2nccc([C@@H](O)CN3CCC(NC/C=C/c4ccco4)C(C(N)=O)C3)c2c1. The summed E-state index contributed by atoms with van der Waals surface area (Å²) in [6.07, 6.45) is 7.23. The summed E-state index contributed by atoms with van der Waals surface area (Å²) in [4.78, 5) is 18.7. The molecule has 33 heavy (non-hydrogen) atoms. The smallest absolute Gasteiger partial charge is 0.223 e. The van der Waals surface area contributed by atoms with Gasteiger partial charge in [0.2, 0.25) is 5.91 Å². The van der Waals surface area contributed by atoms with Crippen LogP contribution in [0.25, 0.3) is 17.0 Å². The Kier molecular flexibility index (Phi) is 7.39. The molecule has 8 heteroatoms. The number of rotatable bonds is 9. The van der Waals surface area contributed by atoms with Crippen LogP contribution in [0.2, 0.25) is 0 Å². The molecule has 0 radical (unpaired) electrons. The first-order chi connectivity index (χ1) is 16.0. The maximum atomic E-state index is 12.2. The molecule has 0 spiro atoms. The number of ether oxygens (including phenoxy) is 1. The lowest BCUT2D eigenvalue weighted by Crippen LogP contribution is -2.54. The second-order valence-electron chi connectivity index (χ2n) is 8.29. The maximum Gasteiger partial charge on any atom is 0.223 e. The van der Waals surface area contributed by atoms with Crippen molar-refractivity contribution in [3.8, 4) is 5.75 Å². The highest BCUT2D eigenvalue weighted by atomic mass is 16.5. The number of primary amides is 1. The fourth-order valence-corrected chi connectivity index (χ4v) is 4.41. The fourth-order valence-electron chi connectivity index (χ4n) is 4.41. The Morgan fingerprint density at radius 3 is 3.06 bits per heavy atom. The summed E-state index contributed by atoms with van der Waals surface area (Å²) >= 11 is 0. The van der Waals surface area contributed by atoms with Crippen LogP contribution in [0.4, 0.5) is 0 Å². The number of aliphatic hydroxyl groups excluding tert-OH is 1. The molecule has 3 aromatic rings. The lowest BCUT2D eigenvalue weighted by atomic mass is 9.90. The van der Waals surface area contributed by atoms with E-state index in [2.05, 4.69) is 15.2 Å². The van der Waals surface area contributed by atoms with Gasteiger partial charge >= 0.3 is 0 Å². The van der Waals surface area contributed by atoms with Gasteiger partial charge in [-0.3, -0.25) is 14.7 Å². The number of aromatic nitrogens is 1. The van der Waals surface area contributed by atoms with Gasteiger partial charge in [-0.1, -0.05) is 6.08 Å². The van der Waals surface area contributed by atoms with E-state index in [1.807, 2.05) is 48.6 Å². The van der Waals surface area contributed by atoms with Gasteiger partial charge in [0.25, 0.3) is 0 Å². The first kappa shape index (κ1) is 23.0. The summed E-state index contributed by atoms with van der Waals surface area (Å²) in [7, 11) is 1.61. The van der Waals surface area contributed by atoms with Crippen molar-refractivity contribution in [3.63, 3.8) is 0 Å². The van der Waals surface area contributed by atoms with E-state index in [4.69, 9.17) is 14.9 Å². The summed E-state index contributed by atoms with van der Waals surface area (Å²) in [6, 6.07) is 11.2. The minimum absolute atomic E-state index is 0.0110. The third-order valence-corrected chi connectivity index (χ3v) is 6.16. The molecule has 1 fully saturated rings. The number of benzene rings is 1. The number of nitrogens with two attached hydrogens (primary N) is 1. The molecule has 0 aliphatic carbocycles. The Morgan fingerprint density at radius 1 is 1.42 bits per heavy atom. The number of nitrogens with zero attached hydrogens (tertiary/aromatic N) is 2. The van der Waals surface area contributed by atoms with Gasteiger partial charge in [0.05, 0.1) is 30.9 Å². The van der Waals surface area contributed by atoms with Crippen molar-refractivity contribution >= 4 is 22.9 Å². The van der Waals surface area contributed by atoms with E-state index in [-0.39, 0.29) is 17.9 Å². The molecule has 4 N–H and O–H groups in total. The largest absolute Gasteiger partial charge is 0.497 e. The van der Waals surface area contributed by atoms with Crippen LogP contribution in [0.5, 0.6) is 5.75 Å². The predicted octanol–water partition coefficient (Wildman–Crippen LogP) is 2.35. The number of pyridine rings is 1. The summed E-state index contributed by atoms with van der Waals surface area (Å²) < 4.78 is 10.6. The van der Waals surface area contributed by atoms with E-state index < -0.39 is 6.10 Å². The van der Waals surface area contributed by atoms with E-state index in [1.165, 1.54) is 0 Å². The molecule has 4 rings (SSSR count). The van der Waals surface area contributed by atoms with Gasteiger partial charge in [-0.15, -0.1) is 0 Å². The molecule has 0 saturated carbocycles. The highest BCUT2D eigenvalue weighted by molar-refractivity contribution is 5.83. The van der Waals surface area contributed by atoms with Gasteiger partial charge in [0.1, 0.15) is 11.5 Å². The van der Waals surface area contributed by atoms with E-state index in [0.29, 0.717) is 25.4 Å². The normalized spacial score (nSPS) is 20.3. The first-order valence-electron chi connectivity index (χ1n) is 11.1. The molecule has 1 saturated heterocycles. The zero-order valence-corrected chi connectivity index (χ0v) is 18.7. The third kappa shape index (κ3) is 5.60. The fraction of sp³-hybridized carbons (Fsp3) is 0.360. The number of hydrogen-bond acceptors (Lipinski definition) is 7. The Bertz CT molecular complexity index is 1100. The van der Waals surface area contributed by atoms with Gasteiger partial charge in [0, 0.05) is 37.3 Å². The average Bonchev–Trinajstić information content (AvgIpc) is 3.35. The highest BCUT2D eigenvalue weighted by Gasteiger charge is 2.33. The average molecular weight is 451 g/mol. The molecule has 2 unspecified atom stereocenters. The highest BCUT2D eigenvalue weighted by Crippen LogP contribution is 2.28. The molecule has 3 heterocycles. The summed E-state index contributed by atoms with van der Waals surface area (Å²) in [6.45, 7) is 2.28. The zero-order valence-electron chi connectivity index (χ0n) is 18.7. The molecule has 1 aromatic carbocycles. The van der Waals surface area contributed by atoms with Gasteiger partial charge in [0.15, 0.2) is 0 Å². The minimum Gasteiger partial charge on any atom is -0.497 e. The van der Waals surface area contributed by atoms with Gasteiger partial charge < -0.3 is 25.3 Å². The number of methoxy groups -OCH3 is 1. The number of fused-ring (bicyclic) bond motifs is 1. The first-order valence-corrected chi connectivity index (χ1v) is 11.1. The number of nitrogens with one attached hydrogen (secondary N) is 1. The predicted molar refractivity (Wildman–Crippen MR) is 127 cm³/mol.